The Hall–Kier alpha value is -0.220. The SMILES string of the molecule is CC(C)C(C)(C)N1CC(CC(C)(C(C)C)N2CCCC2)C(F)(F)C1. The average molecular weight is 345 g/mol. The second-order valence-corrected chi connectivity index (χ2v) is 9.56. The monoisotopic (exact) mass is 344 g/mol. The quantitative estimate of drug-likeness (QED) is 0.677. The van der Waals surface area contributed by atoms with E-state index in [0.29, 0.717) is 24.8 Å². The third-order valence-corrected chi connectivity index (χ3v) is 7.40. The molecule has 2 unspecified atom stereocenters. The largest absolute Gasteiger partial charge is 0.298 e. The number of halogens is 2. The maximum absolute atomic E-state index is 14.9. The average Bonchev–Trinajstić information content (AvgIpc) is 3.07. The van der Waals surface area contributed by atoms with Crippen molar-refractivity contribution in [3.8, 4) is 0 Å². The minimum atomic E-state index is -2.58. The fraction of sp³-hybridized carbons (Fsp3) is 1.00. The Kier molecular flexibility index (Phi) is 5.72. The van der Waals surface area contributed by atoms with Gasteiger partial charge in [0.05, 0.1) is 6.54 Å². The summed E-state index contributed by atoms with van der Waals surface area (Å²) in [6.07, 6.45) is 3.01. The topological polar surface area (TPSA) is 6.48 Å². The third-order valence-electron chi connectivity index (χ3n) is 7.40. The lowest BCUT2D eigenvalue weighted by Crippen LogP contribution is -2.51. The highest BCUT2D eigenvalue weighted by Crippen LogP contribution is 2.45. The van der Waals surface area contributed by atoms with E-state index in [1.54, 1.807) is 0 Å². The van der Waals surface area contributed by atoms with Crippen molar-refractivity contribution in [2.45, 2.75) is 84.7 Å². The van der Waals surface area contributed by atoms with E-state index in [2.05, 4.69) is 53.4 Å². The molecule has 0 radical (unpaired) electrons. The van der Waals surface area contributed by atoms with Crippen molar-refractivity contribution in [3.05, 3.63) is 0 Å². The fourth-order valence-electron chi connectivity index (χ4n) is 4.32. The second-order valence-electron chi connectivity index (χ2n) is 9.56. The van der Waals surface area contributed by atoms with Gasteiger partial charge in [-0.05, 0) is 65.0 Å². The van der Waals surface area contributed by atoms with Gasteiger partial charge >= 0.3 is 0 Å². The Bertz CT molecular complexity index is 427. The molecule has 2 nitrogen and oxygen atoms in total. The van der Waals surface area contributed by atoms with Gasteiger partial charge in [-0.15, -0.1) is 0 Å². The molecule has 2 heterocycles. The molecule has 2 fully saturated rings. The smallest absolute Gasteiger partial charge is 0.264 e. The molecule has 0 aromatic carbocycles. The van der Waals surface area contributed by atoms with Crippen LogP contribution in [-0.4, -0.2) is 53.0 Å². The Morgan fingerprint density at radius 3 is 1.96 bits per heavy atom. The Morgan fingerprint density at radius 2 is 1.50 bits per heavy atom. The molecule has 0 aromatic rings. The van der Waals surface area contributed by atoms with Crippen molar-refractivity contribution in [1.82, 2.24) is 9.80 Å². The number of hydrogen-bond donors (Lipinski definition) is 0. The lowest BCUT2D eigenvalue weighted by molar-refractivity contribution is -0.0571. The molecule has 0 saturated carbocycles. The maximum Gasteiger partial charge on any atom is 0.264 e. The van der Waals surface area contributed by atoms with Crippen molar-refractivity contribution in [2.24, 2.45) is 17.8 Å². The highest BCUT2D eigenvalue weighted by atomic mass is 19.3. The zero-order chi connectivity index (χ0) is 18.3. The second kappa shape index (κ2) is 6.83. The van der Waals surface area contributed by atoms with Gasteiger partial charge in [0.15, 0.2) is 0 Å². The van der Waals surface area contributed by atoms with Gasteiger partial charge in [0, 0.05) is 23.5 Å². The molecule has 142 valence electrons. The van der Waals surface area contributed by atoms with Crippen molar-refractivity contribution in [1.29, 1.82) is 0 Å². The summed E-state index contributed by atoms with van der Waals surface area (Å²) in [4.78, 5) is 4.51. The van der Waals surface area contributed by atoms with Crippen LogP contribution in [0.4, 0.5) is 8.78 Å². The number of alkyl halides is 2. The molecule has 0 bridgehead atoms. The third kappa shape index (κ3) is 3.65. The summed E-state index contributed by atoms with van der Waals surface area (Å²) >= 11 is 0. The number of likely N-dealkylation sites (tertiary alicyclic amines) is 2. The summed E-state index contributed by atoms with van der Waals surface area (Å²) in [6.45, 7) is 17.7. The van der Waals surface area contributed by atoms with E-state index in [0.717, 1.165) is 13.1 Å². The molecule has 2 aliphatic rings. The number of nitrogens with zero attached hydrogens (tertiary/aromatic N) is 2. The van der Waals surface area contributed by atoms with Gasteiger partial charge in [-0.3, -0.25) is 9.80 Å². The Labute approximate surface area is 148 Å². The predicted molar refractivity (Wildman–Crippen MR) is 97.6 cm³/mol. The Balaban J connectivity index is 2.18. The zero-order valence-corrected chi connectivity index (χ0v) is 16.8. The minimum absolute atomic E-state index is 0.0863. The van der Waals surface area contributed by atoms with E-state index in [1.807, 2.05) is 4.90 Å². The van der Waals surface area contributed by atoms with Crippen molar-refractivity contribution in [2.75, 3.05) is 26.2 Å². The number of hydrogen-bond acceptors (Lipinski definition) is 2. The van der Waals surface area contributed by atoms with Crippen LogP contribution in [0.1, 0.15) is 67.7 Å². The van der Waals surface area contributed by atoms with Gasteiger partial charge in [-0.25, -0.2) is 8.78 Å². The summed E-state index contributed by atoms with van der Waals surface area (Å²) in [5, 5.41) is 0. The summed E-state index contributed by atoms with van der Waals surface area (Å²) in [6, 6.07) is 0. The molecule has 0 N–H and O–H groups in total. The summed E-state index contributed by atoms with van der Waals surface area (Å²) in [5.74, 6) is -2.37. The minimum Gasteiger partial charge on any atom is -0.298 e. The van der Waals surface area contributed by atoms with Crippen LogP contribution in [0.2, 0.25) is 0 Å². The van der Waals surface area contributed by atoms with E-state index in [4.69, 9.17) is 0 Å². The molecule has 2 atom stereocenters. The molecule has 2 rings (SSSR count). The molecular weight excluding hydrogens is 306 g/mol. The van der Waals surface area contributed by atoms with Crippen LogP contribution in [0.5, 0.6) is 0 Å². The van der Waals surface area contributed by atoms with Gasteiger partial charge in [0.25, 0.3) is 5.92 Å². The first-order valence-electron chi connectivity index (χ1n) is 9.79. The van der Waals surface area contributed by atoms with E-state index >= 15 is 0 Å². The summed E-state index contributed by atoms with van der Waals surface area (Å²) in [7, 11) is 0. The maximum atomic E-state index is 14.9. The molecule has 24 heavy (non-hydrogen) atoms. The van der Waals surface area contributed by atoms with E-state index in [-0.39, 0.29) is 17.6 Å². The van der Waals surface area contributed by atoms with Crippen LogP contribution in [0, 0.1) is 17.8 Å². The van der Waals surface area contributed by atoms with Gasteiger partial charge in [0.2, 0.25) is 0 Å². The van der Waals surface area contributed by atoms with E-state index in [1.165, 1.54) is 12.8 Å². The van der Waals surface area contributed by atoms with Crippen LogP contribution in [0.25, 0.3) is 0 Å². The number of rotatable bonds is 6. The predicted octanol–water partition coefficient (Wildman–Crippen LogP) is 4.89. The first-order valence-corrected chi connectivity index (χ1v) is 9.79. The van der Waals surface area contributed by atoms with Crippen LogP contribution in [0.3, 0.4) is 0 Å². The van der Waals surface area contributed by atoms with Gasteiger partial charge in [-0.2, -0.15) is 0 Å². The highest BCUT2D eigenvalue weighted by molar-refractivity contribution is 5.02. The molecular formula is C20H38F2N2. The first-order chi connectivity index (χ1) is 10.9. The summed E-state index contributed by atoms with van der Waals surface area (Å²) < 4.78 is 29.7. The normalized spacial score (nSPS) is 28.9. The Morgan fingerprint density at radius 1 is 0.958 bits per heavy atom. The first kappa shape index (κ1) is 20.1. The zero-order valence-electron chi connectivity index (χ0n) is 16.8. The van der Waals surface area contributed by atoms with Gasteiger partial charge in [0.1, 0.15) is 0 Å². The molecule has 0 amide bonds. The van der Waals surface area contributed by atoms with Crippen LogP contribution >= 0.6 is 0 Å². The molecule has 4 heteroatoms. The van der Waals surface area contributed by atoms with Crippen molar-refractivity contribution >= 4 is 0 Å². The lowest BCUT2D eigenvalue weighted by Gasteiger charge is -2.45. The fourth-order valence-corrected chi connectivity index (χ4v) is 4.32. The summed E-state index contributed by atoms with van der Waals surface area (Å²) in [5.41, 5.74) is -0.303. The van der Waals surface area contributed by atoms with Crippen LogP contribution in [0.15, 0.2) is 0 Å². The lowest BCUT2D eigenvalue weighted by atomic mass is 9.77. The van der Waals surface area contributed by atoms with Gasteiger partial charge < -0.3 is 0 Å². The molecule has 2 saturated heterocycles. The highest BCUT2D eigenvalue weighted by Gasteiger charge is 2.54. The molecule has 0 aliphatic carbocycles. The molecule has 2 aliphatic heterocycles. The molecule has 0 aromatic heterocycles. The molecule has 0 spiro atoms. The van der Waals surface area contributed by atoms with E-state index < -0.39 is 11.8 Å². The standard InChI is InChI=1S/C20H38F2N2/c1-15(2)18(5,6)24-13-17(20(21,22)14-24)12-19(7,16(3)4)23-10-8-9-11-23/h15-17H,8-14H2,1-7H3. The van der Waals surface area contributed by atoms with Crippen molar-refractivity contribution in [3.63, 3.8) is 0 Å². The van der Waals surface area contributed by atoms with Crippen molar-refractivity contribution < 1.29 is 8.78 Å². The van der Waals surface area contributed by atoms with E-state index in [9.17, 15) is 8.78 Å². The van der Waals surface area contributed by atoms with Crippen LogP contribution < -0.4 is 0 Å². The van der Waals surface area contributed by atoms with Crippen LogP contribution in [-0.2, 0) is 0 Å². The van der Waals surface area contributed by atoms with Gasteiger partial charge in [-0.1, -0.05) is 27.7 Å².